The number of ether oxygens (including phenoxy) is 1. The monoisotopic (exact) mass is 330 g/mol. The quantitative estimate of drug-likeness (QED) is 0.806. The Labute approximate surface area is 140 Å². The zero-order chi connectivity index (χ0) is 16.9. The average Bonchev–Trinajstić information content (AvgIpc) is 3.05. The second kappa shape index (κ2) is 7.46. The largest absolute Gasteiger partial charge is 0.383 e. The second-order valence-corrected chi connectivity index (χ2v) is 5.74. The topological polar surface area (TPSA) is 79.6 Å². The molecule has 0 saturated carbocycles. The van der Waals surface area contributed by atoms with Crippen LogP contribution >= 0.6 is 0 Å². The minimum Gasteiger partial charge on any atom is -0.383 e. The maximum atomic E-state index is 12.1. The molecule has 0 unspecified atom stereocenters. The fraction of sp³-hybridized carbons (Fsp3) is 0.412. The molecular formula is C17H22N4O3. The first-order chi connectivity index (χ1) is 11.7. The van der Waals surface area contributed by atoms with Gasteiger partial charge in [0.15, 0.2) is 0 Å². The van der Waals surface area contributed by atoms with Crippen LogP contribution in [-0.2, 0) is 17.8 Å². The molecule has 1 atom stereocenters. The number of nitrogens with one attached hydrogen (secondary N) is 1. The van der Waals surface area contributed by atoms with Gasteiger partial charge in [0.25, 0.3) is 0 Å². The number of carbonyl (C=O) groups excluding carboxylic acids is 1. The first kappa shape index (κ1) is 16.5. The van der Waals surface area contributed by atoms with Crippen molar-refractivity contribution in [3.05, 3.63) is 53.3 Å². The molecule has 1 aromatic carbocycles. The summed E-state index contributed by atoms with van der Waals surface area (Å²) in [6.45, 7) is 2.67. The lowest BCUT2D eigenvalue weighted by Crippen LogP contribution is -2.45. The van der Waals surface area contributed by atoms with E-state index < -0.39 is 6.10 Å². The van der Waals surface area contributed by atoms with E-state index in [1.165, 1.54) is 0 Å². The lowest BCUT2D eigenvalue weighted by Gasteiger charge is -2.27. The molecule has 7 nitrogen and oxygen atoms in total. The minimum atomic E-state index is -0.756. The molecule has 24 heavy (non-hydrogen) atoms. The number of rotatable bonds is 5. The third-order valence-corrected chi connectivity index (χ3v) is 4.08. The van der Waals surface area contributed by atoms with E-state index in [2.05, 4.69) is 10.4 Å². The average molecular weight is 330 g/mol. The van der Waals surface area contributed by atoms with Crippen LogP contribution in [0.1, 0.15) is 23.1 Å². The number of hydrogen-bond donors (Lipinski definition) is 2. The van der Waals surface area contributed by atoms with Gasteiger partial charge in [-0.3, -0.25) is 4.68 Å². The van der Waals surface area contributed by atoms with Crippen molar-refractivity contribution in [2.24, 2.45) is 0 Å². The highest BCUT2D eigenvalue weighted by atomic mass is 16.5. The Hall–Kier alpha value is -2.38. The van der Waals surface area contributed by atoms with Gasteiger partial charge in [0.2, 0.25) is 0 Å². The lowest BCUT2D eigenvalue weighted by molar-refractivity contribution is 0.168. The highest BCUT2D eigenvalue weighted by Crippen LogP contribution is 2.23. The molecule has 2 amide bonds. The van der Waals surface area contributed by atoms with Crippen LogP contribution in [-0.4, -0.2) is 52.6 Å². The molecule has 1 aromatic heterocycles. The second-order valence-electron chi connectivity index (χ2n) is 5.74. The first-order valence-electron chi connectivity index (χ1n) is 8.00. The number of carbonyl (C=O) groups is 1. The number of aliphatic hydroxyl groups is 1. The number of methoxy groups -OCH3 is 1. The van der Waals surface area contributed by atoms with Gasteiger partial charge in [-0.05, 0) is 11.6 Å². The fourth-order valence-corrected chi connectivity index (χ4v) is 2.77. The van der Waals surface area contributed by atoms with Gasteiger partial charge in [-0.1, -0.05) is 30.3 Å². The Morgan fingerprint density at radius 3 is 2.92 bits per heavy atom. The molecule has 1 aliphatic heterocycles. The van der Waals surface area contributed by atoms with E-state index in [0.717, 1.165) is 11.3 Å². The first-order valence-corrected chi connectivity index (χ1v) is 8.00. The Bertz CT molecular complexity index is 686. The van der Waals surface area contributed by atoms with Crippen molar-refractivity contribution >= 4 is 6.03 Å². The van der Waals surface area contributed by atoms with Gasteiger partial charge >= 0.3 is 6.03 Å². The number of aliphatic hydroxyl groups excluding tert-OH is 1. The molecule has 7 heteroatoms. The summed E-state index contributed by atoms with van der Waals surface area (Å²) in [7, 11) is 1.60. The molecule has 128 valence electrons. The summed E-state index contributed by atoms with van der Waals surface area (Å²) in [5, 5.41) is 17.8. The van der Waals surface area contributed by atoms with Crippen LogP contribution in [0.15, 0.2) is 36.4 Å². The van der Waals surface area contributed by atoms with Crippen LogP contribution in [0.2, 0.25) is 0 Å². The molecule has 2 aromatic rings. The van der Waals surface area contributed by atoms with E-state index in [1.807, 2.05) is 41.1 Å². The van der Waals surface area contributed by atoms with Crippen molar-refractivity contribution in [3.8, 4) is 0 Å². The molecule has 0 radical (unpaired) electrons. The highest BCUT2D eigenvalue weighted by Gasteiger charge is 2.24. The zero-order valence-electron chi connectivity index (χ0n) is 13.7. The van der Waals surface area contributed by atoms with Crippen molar-refractivity contribution in [1.29, 1.82) is 0 Å². The molecule has 0 saturated heterocycles. The summed E-state index contributed by atoms with van der Waals surface area (Å²) in [5.41, 5.74) is 2.34. The number of fused-ring (bicyclic) bond motifs is 1. The van der Waals surface area contributed by atoms with Crippen LogP contribution < -0.4 is 5.32 Å². The van der Waals surface area contributed by atoms with Crippen molar-refractivity contribution in [2.75, 3.05) is 26.8 Å². The zero-order valence-corrected chi connectivity index (χ0v) is 13.7. The third-order valence-electron chi connectivity index (χ3n) is 4.08. The Balaban J connectivity index is 1.67. The Morgan fingerprint density at radius 2 is 2.17 bits per heavy atom. The molecule has 0 spiro atoms. The van der Waals surface area contributed by atoms with Gasteiger partial charge in [-0.15, -0.1) is 0 Å². The number of aromatic nitrogens is 2. The fourth-order valence-electron chi connectivity index (χ4n) is 2.77. The van der Waals surface area contributed by atoms with Gasteiger partial charge < -0.3 is 20.1 Å². The Morgan fingerprint density at radius 1 is 1.38 bits per heavy atom. The van der Waals surface area contributed by atoms with E-state index in [1.54, 1.807) is 12.0 Å². The standard InChI is InChI=1S/C17H22N4O3/c1-24-10-7-18-17(23)20-8-9-21-14(12-20)11-15(19-21)16(22)13-5-3-2-4-6-13/h2-6,11,16,22H,7-10,12H2,1H3,(H,18,23)/t16-/m0/s1. The molecule has 0 aliphatic carbocycles. The smallest absolute Gasteiger partial charge is 0.317 e. The molecule has 0 bridgehead atoms. The predicted molar refractivity (Wildman–Crippen MR) is 88.4 cm³/mol. The van der Waals surface area contributed by atoms with Crippen LogP contribution in [0.3, 0.4) is 0 Å². The van der Waals surface area contributed by atoms with Crippen LogP contribution in [0, 0.1) is 0 Å². The summed E-state index contributed by atoms with van der Waals surface area (Å²) in [6, 6.07) is 11.2. The van der Waals surface area contributed by atoms with Crippen molar-refractivity contribution < 1.29 is 14.6 Å². The summed E-state index contributed by atoms with van der Waals surface area (Å²) < 4.78 is 6.79. The number of urea groups is 1. The van der Waals surface area contributed by atoms with Gasteiger partial charge in [0, 0.05) is 20.2 Å². The number of hydrogen-bond acceptors (Lipinski definition) is 4. The van der Waals surface area contributed by atoms with E-state index in [-0.39, 0.29) is 6.03 Å². The van der Waals surface area contributed by atoms with Gasteiger partial charge in [0.1, 0.15) is 6.10 Å². The summed E-state index contributed by atoms with van der Waals surface area (Å²) in [6.07, 6.45) is -0.756. The maximum absolute atomic E-state index is 12.1. The summed E-state index contributed by atoms with van der Waals surface area (Å²) in [4.78, 5) is 13.9. The van der Waals surface area contributed by atoms with Crippen LogP contribution in [0.5, 0.6) is 0 Å². The minimum absolute atomic E-state index is 0.107. The summed E-state index contributed by atoms with van der Waals surface area (Å²) in [5.74, 6) is 0. The predicted octanol–water partition coefficient (Wildman–Crippen LogP) is 1.14. The molecule has 0 fully saturated rings. The summed E-state index contributed by atoms with van der Waals surface area (Å²) >= 11 is 0. The number of benzene rings is 1. The van der Waals surface area contributed by atoms with Crippen molar-refractivity contribution in [2.45, 2.75) is 19.2 Å². The van der Waals surface area contributed by atoms with E-state index in [9.17, 15) is 9.90 Å². The maximum Gasteiger partial charge on any atom is 0.317 e. The van der Waals surface area contributed by atoms with Crippen LogP contribution in [0.4, 0.5) is 4.79 Å². The van der Waals surface area contributed by atoms with Gasteiger partial charge in [-0.2, -0.15) is 5.10 Å². The van der Waals surface area contributed by atoms with Crippen molar-refractivity contribution in [1.82, 2.24) is 20.0 Å². The van der Waals surface area contributed by atoms with E-state index >= 15 is 0 Å². The van der Waals surface area contributed by atoms with Gasteiger partial charge in [-0.25, -0.2) is 4.79 Å². The lowest BCUT2D eigenvalue weighted by atomic mass is 10.1. The molecule has 1 aliphatic rings. The van der Waals surface area contributed by atoms with E-state index in [4.69, 9.17) is 4.74 Å². The normalized spacial score (nSPS) is 15.0. The number of amides is 2. The third kappa shape index (κ3) is 3.58. The highest BCUT2D eigenvalue weighted by molar-refractivity contribution is 5.74. The molecule has 3 rings (SSSR count). The van der Waals surface area contributed by atoms with Gasteiger partial charge in [0.05, 0.1) is 31.1 Å². The molecular weight excluding hydrogens is 308 g/mol. The van der Waals surface area contributed by atoms with Crippen LogP contribution in [0.25, 0.3) is 0 Å². The van der Waals surface area contributed by atoms with Crippen molar-refractivity contribution in [3.63, 3.8) is 0 Å². The Kier molecular flexibility index (Phi) is 5.12. The molecule has 2 heterocycles. The number of nitrogens with zero attached hydrogens (tertiary/aromatic N) is 3. The molecule has 2 N–H and O–H groups in total. The van der Waals surface area contributed by atoms with E-state index in [0.29, 0.717) is 38.5 Å². The SMILES string of the molecule is COCCNC(=O)N1CCn2nc([C@@H](O)c3ccccc3)cc2C1.